The van der Waals surface area contributed by atoms with E-state index in [0.717, 1.165) is 32.8 Å². The summed E-state index contributed by atoms with van der Waals surface area (Å²) in [6.45, 7) is 0. The first-order valence-corrected chi connectivity index (χ1v) is 6.48. The van der Waals surface area contributed by atoms with Crippen LogP contribution in [0.5, 0.6) is 0 Å². The number of nitrogens with zero attached hydrogens (tertiary/aromatic N) is 1. The fourth-order valence-corrected chi connectivity index (χ4v) is 2.51. The van der Waals surface area contributed by atoms with Crippen molar-refractivity contribution in [2.24, 2.45) is 0 Å². The van der Waals surface area contributed by atoms with Gasteiger partial charge in [-0.2, -0.15) is 0 Å². The van der Waals surface area contributed by atoms with E-state index in [1.807, 2.05) is 30.3 Å². The Balaban J connectivity index is 0.00000156. The zero-order valence-corrected chi connectivity index (χ0v) is 13.4. The number of fused-ring (bicyclic) bond motifs is 3. The number of hydrogen-bond donors (Lipinski definition) is 0. The minimum atomic E-state index is 0. The number of hydrogen-bond acceptors (Lipinski definition) is 1. The normalized spacial score (nSPS) is 11.8. The van der Waals surface area contributed by atoms with Gasteiger partial charge in [0.15, 0.2) is 0 Å². The number of benzene rings is 3. The van der Waals surface area contributed by atoms with Crippen LogP contribution in [0.4, 0.5) is 0 Å². The molecule has 4 rings (SSSR count). The Kier molecular flexibility index (Phi) is 3.19. The molecule has 3 aromatic carbocycles. The predicted octanol–water partition coefficient (Wildman–Crippen LogP) is 4.85. The zero-order valence-electron chi connectivity index (χ0n) is 13.1. The van der Waals surface area contributed by atoms with Crippen LogP contribution in [0.1, 0.15) is 2.74 Å². The number of pyridine rings is 1. The van der Waals surface area contributed by atoms with Gasteiger partial charge in [0.2, 0.25) is 0 Å². The van der Waals surface area contributed by atoms with Crippen molar-refractivity contribution in [2.45, 2.75) is 0 Å². The minimum absolute atomic E-state index is 0. The molecular weight excluding hydrogens is 434 g/mol. The molecule has 0 bridgehead atoms. The van der Waals surface area contributed by atoms with Gasteiger partial charge in [-0.25, -0.2) is 0 Å². The van der Waals surface area contributed by atoms with Gasteiger partial charge < -0.3 is 4.98 Å². The molecule has 0 saturated carbocycles. The SMILES string of the molecule is [2H]c1ccnc(-c2[c-]cc3c(ccc4cc([2H])ccc43)c2)c1.[Ir]. The topological polar surface area (TPSA) is 12.9 Å². The largest absolute Gasteiger partial charge is 0.305 e. The van der Waals surface area contributed by atoms with Gasteiger partial charge in [0, 0.05) is 26.3 Å². The maximum absolute atomic E-state index is 7.72. The van der Waals surface area contributed by atoms with Crippen LogP contribution in [0, 0.1) is 6.07 Å². The van der Waals surface area contributed by atoms with Crippen LogP contribution in [0.15, 0.2) is 72.9 Å². The molecule has 0 N–H and O–H groups in total. The third-order valence-electron chi connectivity index (χ3n) is 3.49. The van der Waals surface area contributed by atoms with Gasteiger partial charge in [-0.3, -0.25) is 0 Å². The maximum Gasteiger partial charge on any atom is 0.0623 e. The molecule has 0 aliphatic rings. The van der Waals surface area contributed by atoms with Gasteiger partial charge in [-0.15, -0.1) is 29.1 Å². The third-order valence-corrected chi connectivity index (χ3v) is 3.49. The van der Waals surface area contributed by atoms with E-state index in [4.69, 9.17) is 2.74 Å². The molecule has 0 aliphatic heterocycles. The van der Waals surface area contributed by atoms with Crippen LogP contribution in [0.25, 0.3) is 32.8 Å². The molecule has 1 radical (unpaired) electrons. The van der Waals surface area contributed by atoms with Crippen LogP contribution < -0.4 is 0 Å². The van der Waals surface area contributed by atoms with E-state index < -0.39 is 0 Å². The van der Waals surface area contributed by atoms with E-state index in [2.05, 4.69) is 17.1 Å². The van der Waals surface area contributed by atoms with Gasteiger partial charge >= 0.3 is 0 Å². The van der Waals surface area contributed by atoms with Crippen molar-refractivity contribution < 1.29 is 22.8 Å². The van der Waals surface area contributed by atoms with Crippen LogP contribution in [0.3, 0.4) is 0 Å². The summed E-state index contributed by atoms with van der Waals surface area (Å²) in [6, 6.07) is 21.4. The second-order valence-electron chi connectivity index (χ2n) is 4.70. The van der Waals surface area contributed by atoms with E-state index in [9.17, 15) is 0 Å². The first-order valence-electron chi connectivity index (χ1n) is 7.48. The average molecular weight is 449 g/mol. The Hall–Kier alpha value is -2.02. The predicted molar refractivity (Wildman–Crippen MR) is 83.5 cm³/mol. The Labute approximate surface area is 139 Å². The summed E-state index contributed by atoms with van der Waals surface area (Å²) in [5.41, 5.74) is 1.65. The Bertz CT molecular complexity index is 1010. The molecule has 4 aromatic rings. The van der Waals surface area contributed by atoms with Crippen molar-refractivity contribution in [1.82, 2.24) is 4.98 Å². The van der Waals surface area contributed by atoms with Crippen molar-refractivity contribution in [3.63, 3.8) is 0 Å². The molecule has 0 saturated heterocycles. The third kappa shape index (κ3) is 2.49. The summed E-state index contributed by atoms with van der Waals surface area (Å²) in [7, 11) is 0. The fourth-order valence-electron chi connectivity index (χ4n) is 2.51. The molecular formula is C19H12IrN-. The smallest absolute Gasteiger partial charge is 0.0623 e. The molecule has 21 heavy (non-hydrogen) atoms. The maximum atomic E-state index is 7.72. The Morgan fingerprint density at radius 1 is 0.905 bits per heavy atom. The average Bonchev–Trinajstić information content (AvgIpc) is 2.54. The monoisotopic (exact) mass is 449 g/mol. The first kappa shape index (κ1) is 11.6. The van der Waals surface area contributed by atoms with Crippen LogP contribution in [0.2, 0.25) is 0 Å². The molecule has 1 heterocycles. The molecule has 0 atom stereocenters. The van der Waals surface area contributed by atoms with Crippen LogP contribution in [-0.4, -0.2) is 4.98 Å². The van der Waals surface area contributed by atoms with Gasteiger partial charge in [0.1, 0.15) is 0 Å². The van der Waals surface area contributed by atoms with E-state index >= 15 is 0 Å². The number of rotatable bonds is 1. The van der Waals surface area contributed by atoms with Gasteiger partial charge in [0.05, 0.1) is 2.74 Å². The van der Waals surface area contributed by atoms with E-state index in [-0.39, 0.29) is 20.1 Å². The van der Waals surface area contributed by atoms with Crippen LogP contribution in [-0.2, 0) is 20.1 Å². The second-order valence-corrected chi connectivity index (χ2v) is 4.70. The van der Waals surface area contributed by atoms with Crippen molar-refractivity contribution in [3.05, 3.63) is 78.9 Å². The molecule has 1 aromatic heterocycles. The quantitative estimate of drug-likeness (QED) is 0.300. The molecule has 103 valence electrons. The van der Waals surface area contributed by atoms with E-state index in [1.165, 1.54) is 0 Å². The van der Waals surface area contributed by atoms with Crippen LogP contribution >= 0.6 is 0 Å². The summed E-state index contributed by atoms with van der Waals surface area (Å²) in [4.78, 5) is 4.31. The van der Waals surface area contributed by atoms with Crippen molar-refractivity contribution >= 4 is 21.5 Å². The summed E-state index contributed by atoms with van der Waals surface area (Å²) < 4.78 is 15.4. The summed E-state index contributed by atoms with van der Waals surface area (Å²) >= 11 is 0. The van der Waals surface area contributed by atoms with E-state index in [1.54, 1.807) is 24.4 Å². The van der Waals surface area contributed by atoms with Crippen molar-refractivity contribution in [3.8, 4) is 11.3 Å². The molecule has 0 aliphatic carbocycles. The summed E-state index contributed by atoms with van der Waals surface area (Å²) in [5.74, 6) is 0. The first-order chi connectivity index (χ1) is 10.7. The fraction of sp³-hybridized carbons (Fsp3) is 0. The zero-order chi connectivity index (χ0) is 15.1. The van der Waals surface area contributed by atoms with Gasteiger partial charge in [0.25, 0.3) is 0 Å². The van der Waals surface area contributed by atoms with Gasteiger partial charge in [-0.1, -0.05) is 59.3 Å². The molecule has 0 spiro atoms. The summed E-state index contributed by atoms with van der Waals surface area (Å²) in [5, 5.41) is 4.41. The second kappa shape index (κ2) is 5.77. The molecule has 0 unspecified atom stereocenters. The Morgan fingerprint density at radius 2 is 1.76 bits per heavy atom. The standard InChI is InChI=1S/C19H12N.Ir/c1-2-6-17-14(5-1)8-9-15-13-16(10-11-18(15)17)19-7-3-4-12-20-19;/h1-9,11-13H;/q-1;/i1D,3D;. The van der Waals surface area contributed by atoms with Crippen molar-refractivity contribution in [1.29, 1.82) is 0 Å². The molecule has 2 heteroatoms. The molecule has 0 fully saturated rings. The molecule has 0 amide bonds. The minimum Gasteiger partial charge on any atom is -0.305 e. The Morgan fingerprint density at radius 3 is 2.67 bits per heavy atom. The number of aromatic nitrogens is 1. The van der Waals surface area contributed by atoms with Crippen molar-refractivity contribution in [2.75, 3.05) is 0 Å². The molecule has 1 nitrogen and oxygen atoms in total. The van der Waals surface area contributed by atoms with Gasteiger partial charge in [-0.05, 0) is 17.1 Å². The summed E-state index contributed by atoms with van der Waals surface area (Å²) in [6.07, 6.45) is 1.64. The van der Waals surface area contributed by atoms with E-state index in [0.29, 0.717) is 12.1 Å².